The molecule has 186 valence electrons. The van der Waals surface area contributed by atoms with Crippen LogP contribution in [0.3, 0.4) is 0 Å². The quantitative estimate of drug-likeness (QED) is 0.337. The lowest BCUT2D eigenvalue weighted by molar-refractivity contribution is 0.101. The van der Waals surface area contributed by atoms with Gasteiger partial charge in [0.25, 0.3) is 10.0 Å². The standard InChI is InChI=1S/C27H27N3O5S/c1-4-26-28-24-17-21(19(3)31)9-14-25(24)30(26)22-10-7-20(8-11-22)15-16-29(27(32)33)36(34,35)23-12-5-18(2)6-13-23/h5-14,17H,4,15-16H2,1-3H3,(H,32,33). The molecule has 1 N–H and O–H groups in total. The molecule has 0 atom stereocenters. The van der Waals surface area contributed by atoms with Crippen molar-refractivity contribution in [2.75, 3.05) is 6.54 Å². The predicted molar refractivity (Wildman–Crippen MR) is 137 cm³/mol. The van der Waals surface area contributed by atoms with E-state index in [0.29, 0.717) is 16.3 Å². The molecule has 0 aliphatic rings. The molecular formula is C27H27N3O5S. The second kappa shape index (κ2) is 9.94. The number of sulfonamides is 1. The van der Waals surface area contributed by atoms with Gasteiger partial charge in [0.2, 0.25) is 0 Å². The van der Waals surface area contributed by atoms with Crippen LogP contribution >= 0.6 is 0 Å². The van der Waals surface area contributed by atoms with Crippen LogP contribution < -0.4 is 0 Å². The number of Topliss-reactive ketones (excluding diaryl/α,β-unsaturated/α-hetero) is 1. The van der Waals surface area contributed by atoms with E-state index in [1.54, 1.807) is 24.3 Å². The third-order valence-electron chi connectivity index (χ3n) is 6.07. The summed E-state index contributed by atoms with van der Waals surface area (Å²) in [4.78, 5) is 28.2. The maximum absolute atomic E-state index is 12.9. The molecule has 0 aliphatic carbocycles. The Kier molecular flexibility index (Phi) is 6.94. The molecule has 4 aromatic rings. The molecule has 0 radical (unpaired) electrons. The normalized spacial score (nSPS) is 11.5. The molecule has 0 bridgehead atoms. The first-order valence-electron chi connectivity index (χ1n) is 11.6. The highest BCUT2D eigenvalue weighted by molar-refractivity contribution is 7.89. The number of nitrogens with zero attached hydrogens (tertiary/aromatic N) is 3. The van der Waals surface area contributed by atoms with Crippen LogP contribution in [0.4, 0.5) is 4.79 Å². The number of ketones is 1. The number of carbonyl (C=O) groups excluding carboxylic acids is 1. The van der Waals surface area contributed by atoms with Crippen molar-refractivity contribution in [3.05, 3.63) is 89.2 Å². The van der Waals surface area contributed by atoms with Gasteiger partial charge in [-0.05, 0) is 68.3 Å². The van der Waals surface area contributed by atoms with Gasteiger partial charge in [-0.25, -0.2) is 22.5 Å². The highest BCUT2D eigenvalue weighted by Gasteiger charge is 2.28. The van der Waals surface area contributed by atoms with Crippen molar-refractivity contribution in [3.8, 4) is 5.69 Å². The second-order valence-electron chi connectivity index (χ2n) is 8.57. The molecule has 0 saturated heterocycles. The van der Waals surface area contributed by atoms with Gasteiger partial charge >= 0.3 is 6.09 Å². The lowest BCUT2D eigenvalue weighted by atomic mass is 10.1. The first kappa shape index (κ1) is 25.1. The van der Waals surface area contributed by atoms with Crippen LogP contribution in [0.2, 0.25) is 0 Å². The van der Waals surface area contributed by atoms with Gasteiger partial charge in [0, 0.05) is 24.2 Å². The van der Waals surface area contributed by atoms with Crippen molar-refractivity contribution in [1.29, 1.82) is 0 Å². The Balaban J connectivity index is 1.57. The summed E-state index contributed by atoms with van der Waals surface area (Å²) in [6.07, 6.45) is -0.601. The molecule has 3 aromatic carbocycles. The van der Waals surface area contributed by atoms with E-state index in [0.717, 1.165) is 33.7 Å². The van der Waals surface area contributed by atoms with E-state index in [-0.39, 0.29) is 23.6 Å². The predicted octanol–water partition coefficient (Wildman–Crippen LogP) is 5.01. The van der Waals surface area contributed by atoms with Crippen molar-refractivity contribution < 1.29 is 23.1 Å². The molecule has 0 aliphatic heterocycles. The van der Waals surface area contributed by atoms with E-state index in [9.17, 15) is 23.1 Å². The zero-order valence-electron chi connectivity index (χ0n) is 20.3. The number of carboxylic acid groups (broad SMARTS) is 1. The van der Waals surface area contributed by atoms with Gasteiger partial charge in [0.15, 0.2) is 5.78 Å². The van der Waals surface area contributed by atoms with E-state index < -0.39 is 16.1 Å². The molecule has 1 heterocycles. The fraction of sp³-hybridized carbons (Fsp3) is 0.222. The first-order valence-corrected chi connectivity index (χ1v) is 13.0. The fourth-order valence-corrected chi connectivity index (χ4v) is 5.34. The molecule has 4 rings (SSSR count). The number of amides is 1. The number of hydrogen-bond acceptors (Lipinski definition) is 5. The molecule has 0 fully saturated rings. The Hall–Kier alpha value is -3.98. The molecule has 0 spiro atoms. The lowest BCUT2D eigenvalue weighted by Gasteiger charge is -2.19. The molecule has 8 nitrogen and oxygen atoms in total. The van der Waals surface area contributed by atoms with Gasteiger partial charge in [-0.3, -0.25) is 9.36 Å². The molecule has 1 aromatic heterocycles. The topological polar surface area (TPSA) is 110 Å². The largest absolute Gasteiger partial charge is 0.464 e. The van der Waals surface area contributed by atoms with Crippen molar-refractivity contribution in [2.24, 2.45) is 0 Å². The summed E-state index contributed by atoms with van der Waals surface area (Å²) >= 11 is 0. The van der Waals surface area contributed by atoms with Gasteiger partial charge in [-0.15, -0.1) is 0 Å². The van der Waals surface area contributed by atoms with Crippen LogP contribution in [0.1, 0.15) is 41.2 Å². The van der Waals surface area contributed by atoms with E-state index in [1.165, 1.54) is 19.1 Å². The molecule has 1 amide bonds. The summed E-state index contributed by atoms with van der Waals surface area (Å²) in [6, 6.07) is 19.0. The van der Waals surface area contributed by atoms with E-state index in [1.807, 2.05) is 48.7 Å². The Morgan fingerprint density at radius 2 is 1.67 bits per heavy atom. The summed E-state index contributed by atoms with van der Waals surface area (Å²) in [5.41, 5.74) is 4.77. The first-order chi connectivity index (χ1) is 17.1. The number of benzene rings is 3. The van der Waals surface area contributed by atoms with Crippen LogP contribution in [0, 0.1) is 6.92 Å². The van der Waals surface area contributed by atoms with Crippen molar-refractivity contribution in [2.45, 2.75) is 38.5 Å². The minimum Gasteiger partial charge on any atom is -0.464 e. The third-order valence-corrected chi connectivity index (χ3v) is 7.85. The second-order valence-corrected chi connectivity index (χ2v) is 10.4. The van der Waals surface area contributed by atoms with Gasteiger partial charge in [0.1, 0.15) is 5.82 Å². The zero-order valence-corrected chi connectivity index (χ0v) is 21.1. The Morgan fingerprint density at radius 3 is 2.25 bits per heavy atom. The number of aryl methyl sites for hydroxylation is 2. The number of rotatable bonds is 8. The molecule has 36 heavy (non-hydrogen) atoms. The van der Waals surface area contributed by atoms with E-state index in [4.69, 9.17) is 0 Å². The van der Waals surface area contributed by atoms with E-state index in [2.05, 4.69) is 4.98 Å². The third kappa shape index (κ3) is 4.87. The minimum absolute atomic E-state index is 0.0198. The van der Waals surface area contributed by atoms with E-state index >= 15 is 0 Å². The average Bonchev–Trinajstić information content (AvgIpc) is 3.22. The maximum Gasteiger partial charge on any atom is 0.421 e. The maximum atomic E-state index is 12.9. The van der Waals surface area contributed by atoms with Crippen molar-refractivity contribution >= 4 is 32.9 Å². The SMILES string of the molecule is CCc1nc2cc(C(C)=O)ccc2n1-c1ccc(CCN(C(=O)O)S(=O)(=O)c2ccc(C)cc2)cc1. The summed E-state index contributed by atoms with van der Waals surface area (Å²) in [5, 5.41) is 9.60. The highest BCUT2D eigenvalue weighted by atomic mass is 32.2. The van der Waals surface area contributed by atoms with Crippen LogP contribution in [-0.4, -0.2) is 45.8 Å². The van der Waals surface area contributed by atoms with Gasteiger partial charge < -0.3 is 5.11 Å². The minimum atomic E-state index is -4.18. The van der Waals surface area contributed by atoms with Crippen molar-refractivity contribution in [3.63, 3.8) is 0 Å². The Morgan fingerprint density at radius 1 is 1.00 bits per heavy atom. The molecule has 9 heteroatoms. The van der Waals surface area contributed by atoms with Crippen LogP contribution in [-0.2, 0) is 22.9 Å². The van der Waals surface area contributed by atoms with Gasteiger partial charge in [-0.1, -0.05) is 36.8 Å². The number of carbonyl (C=O) groups is 2. The fourth-order valence-electron chi connectivity index (χ4n) is 4.07. The number of hydrogen-bond donors (Lipinski definition) is 1. The van der Waals surface area contributed by atoms with Crippen LogP contribution in [0.25, 0.3) is 16.7 Å². The summed E-state index contributed by atoms with van der Waals surface area (Å²) < 4.78 is 28.3. The van der Waals surface area contributed by atoms with Gasteiger partial charge in [-0.2, -0.15) is 0 Å². The zero-order chi connectivity index (χ0) is 26.0. The number of imidazole rings is 1. The van der Waals surface area contributed by atoms with Crippen LogP contribution in [0.5, 0.6) is 0 Å². The molecule has 0 saturated carbocycles. The number of fused-ring (bicyclic) bond motifs is 1. The summed E-state index contributed by atoms with van der Waals surface area (Å²) in [5.74, 6) is 0.827. The summed E-state index contributed by atoms with van der Waals surface area (Å²) in [7, 11) is -4.18. The smallest absolute Gasteiger partial charge is 0.421 e. The lowest BCUT2D eigenvalue weighted by Crippen LogP contribution is -2.37. The Bertz CT molecular complexity index is 1540. The molecule has 0 unspecified atom stereocenters. The van der Waals surface area contributed by atoms with Crippen LogP contribution in [0.15, 0.2) is 71.6 Å². The highest BCUT2D eigenvalue weighted by Crippen LogP contribution is 2.24. The number of aromatic nitrogens is 2. The van der Waals surface area contributed by atoms with Gasteiger partial charge in [0.05, 0.1) is 15.9 Å². The average molecular weight is 506 g/mol. The monoisotopic (exact) mass is 505 g/mol. The molecular weight excluding hydrogens is 478 g/mol. The Labute approximate surface area is 209 Å². The summed E-state index contributed by atoms with van der Waals surface area (Å²) in [6.45, 7) is 5.16. The van der Waals surface area contributed by atoms with Crippen molar-refractivity contribution in [1.82, 2.24) is 13.9 Å².